The highest BCUT2D eigenvalue weighted by Crippen LogP contribution is 2.35. The summed E-state index contributed by atoms with van der Waals surface area (Å²) < 4.78 is 0. The fourth-order valence-corrected chi connectivity index (χ4v) is 4.11. The predicted molar refractivity (Wildman–Crippen MR) is 88.6 cm³/mol. The van der Waals surface area contributed by atoms with E-state index in [0.717, 1.165) is 42.8 Å². The van der Waals surface area contributed by atoms with Gasteiger partial charge in [-0.1, -0.05) is 6.07 Å². The quantitative estimate of drug-likeness (QED) is 0.833. The van der Waals surface area contributed by atoms with Crippen LogP contribution in [0, 0.1) is 11.8 Å². The van der Waals surface area contributed by atoms with Gasteiger partial charge in [-0.05, 0) is 44.7 Å². The first-order valence-corrected chi connectivity index (χ1v) is 8.33. The third-order valence-corrected chi connectivity index (χ3v) is 5.31. The van der Waals surface area contributed by atoms with Crippen LogP contribution in [0.15, 0.2) is 34.6 Å². The van der Waals surface area contributed by atoms with E-state index in [1.165, 1.54) is 0 Å². The molecule has 0 bridgehead atoms. The molecule has 1 saturated carbocycles. The molecule has 1 aromatic rings. The van der Waals surface area contributed by atoms with Gasteiger partial charge in [0, 0.05) is 23.7 Å². The molecule has 1 aliphatic carbocycles. The number of nitrogens with zero attached hydrogens (tertiary/aromatic N) is 3. The molecular weight excluding hydrogens is 290 g/mol. The Labute approximate surface area is 135 Å². The molecule has 0 spiro atoms. The first kappa shape index (κ1) is 14.4. The van der Waals surface area contributed by atoms with Gasteiger partial charge in [0.25, 0.3) is 0 Å². The Morgan fingerprint density at radius 3 is 2.43 bits per heavy atom. The number of carbonyl (C=O) groups is 1. The van der Waals surface area contributed by atoms with Gasteiger partial charge in [0.2, 0.25) is 0 Å². The van der Waals surface area contributed by atoms with Crippen molar-refractivity contribution in [2.75, 3.05) is 0 Å². The third-order valence-electron chi connectivity index (χ3n) is 5.31. The molecule has 2 aliphatic heterocycles. The van der Waals surface area contributed by atoms with Crippen LogP contribution in [0.25, 0.3) is 0 Å². The van der Waals surface area contributed by atoms with Crippen LogP contribution >= 0.6 is 0 Å². The molecule has 23 heavy (non-hydrogen) atoms. The summed E-state index contributed by atoms with van der Waals surface area (Å²) >= 11 is 0. The predicted octanol–water partition coefficient (Wildman–Crippen LogP) is 2.12. The summed E-state index contributed by atoms with van der Waals surface area (Å²) in [5.74, 6) is 0.726. The molecule has 6 nitrogen and oxygen atoms in total. The van der Waals surface area contributed by atoms with Gasteiger partial charge < -0.3 is 10.6 Å². The zero-order chi connectivity index (χ0) is 15.8. The first-order chi connectivity index (χ1) is 11.2. The van der Waals surface area contributed by atoms with E-state index in [9.17, 15) is 4.79 Å². The first-order valence-electron chi connectivity index (χ1n) is 8.33. The smallest absolute Gasteiger partial charge is 0.315 e. The number of carbonyl (C=O) groups excluding carboxylic acids is 1. The Kier molecular flexibility index (Phi) is 3.59. The number of amides is 2. The molecule has 120 valence electrons. The molecule has 3 heterocycles. The largest absolute Gasteiger partial charge is 0.333 e. The summed E-state index contributed by atoms with van der Waals surface area (Å²) in [5.41, 5.74) is 3.02. The SMILES string of the molecule is CC1=NN=C(c2ccccn2)C2CCC3NC(=O)NC3CCC12. The lowest BCUT2D eigenvalue weighted by atomic mass is 9.74. The molecule has 4 atom stereocenters. The van der Waals surface area contributed by atoms with E-state index in [1.54, 1.807) is 6.20 Å². The molecule has 6 heteroatoms. The van der Waals surface area contributed by atoms with Crippen molar-refractivity contribution in [3.63, 3.8) is 0 Å². The van der Waals surface area contributed by atoms with Crippen LogP contribution < -0.4 is 10.6 Å². The fraction of sp³-hybridized carbons (Fsp3) is 0.529. The molecule has 1 saturated heterocycles. The molecule has 0 radical (unpaired) electrons. The second-order valence-electron chi connectivity index (χ2n) is 6.64. The van der Waals surface area contributed by atoms with Crippen LogP contribution in [0.1, 0.15) is 38.3 Å². The van der Waals surface area contributed by atoms with Gasteiger partial charge in [-0.3, -0.25) is 4.98 Å². The Morgan fingerprint density at radius 1 is 1.00 bits per heavy atom. The minimum Gasteiger partial charge on any atom is -0.333 e. The molecular formula is C17H21N5O. The van der Waals surface area contributed by atoms with E-state index in [2.05, 4.69) is 32.7 Å². The van der Waals surface area contributed by atoms with E-state index >= 15 is 0 Å². The van der Waals surface area contributed by atoms with Crippen molar-refractivity contribution >= 4 is 17.5 Å². The Balaban J connectivity index is 1.63. The van der Waals surface area contributed by atoms with E-state index in [-0.39, 0.29) is 18.1 Å². The molecule has 2 fully saturated rings. The molecule has 0 aromatic carbocycles. The van der Waals surface area contributed by atoms with Gasteiger partial charge in [0.15, 0.2) is 0 Å². The molecule has 2 N–H and O–H groups in total. The summed E-state index contributed by atoms with van der Waals surface area (Å²) in [6, 6.07) is 6.36. The van der Waals surface area contributed by atoms with Crippen molar-refractivity contribution in [2.24, 2.45) is 22.0 Å². The average Bonchev–Trinajstić information content (AvgIpc) is 2.90. The number of aromatic nitrogens is 1. The Hall–Kier alpha value is -2.24. The van der Waals surface area contributed by atoms with E-state index in [0.29, 0.717) is 11.8 Å². The summed E-state index contributed by atoms with van der Waals surface area (Å²) in [4.78, 5) is 16.1. The van der Waals surface area contributed by atoms with Gasteiger partial charge in [0.05, 0.1) is 23.5 Å². The van der Waals surface area contributed by atoms with E-state index < -0.39 is 0 Å². The van der Waals surface area contributed by atoms with Gasteiger partial charge in [0.1, 0.15) is 0 Å². The highest BCUT2D eigenvalue weighted by Gasteiger charge is 2.39. The third kappa shape index (κ3) is 2.62. The Bertz CT molecular complexity index is 669. The number of hydrogen-bond donors (Lipinski definition) is 2. The number of pyridine rings is 1. The summed E-state index contributed by atoms with van der Waals surface area (Å²) in [6.07, 6.45) is 5.76. The second kappa shape index (κ2) is 5.76. The highest BCUT2D eigenvalue weighted by molar-refractivity contribution is 6.05. The molecule has 4 rings (SSSR count). The minimum absolute atomic E-state index is 0.0334. The molecule has 3 aliphatic rings. The lowest BCUT2D eigenvalue weighted by molar-refractivity contribution is 0.246. The van der Waals surface area contributed by atoms with Gasteiger partial charge in [-0.25, -0.2) is 4.79 Å². The van der Waals surface area contributed by atoms with Crippen LogP contribution in [0.2, 0.25) is 0 Å². The lowest BCUT2D eigenvalue weighted by Gasteiger charge is -2.34. The van der Waals surface area contributed by atoms with Crippen molar-refractivity contribution in [3.05, 3.63) is 30.1 Å². The van der Waals surface area contributed by atoms with Crippen LogP contribution in [0.3, 0.4) is 0 Å². The maximum atomic E-state index is 11.6. The second-order valence-corrected chi connectivity index (χ2v) is 6.64. The van der Waals surface area contributed by atoms with Gasteiger partial charge in [-0.2, -0.15) is 10.2 Å². The zero-order valence-corrected chi connectivity index (χ0v) is 13.2. The fourth-order valence-electron chi connectivity index (χ4n) is 4.11. The number of hydrogen-bond acceptors (Lipinski definition) is 4. The molecule has 4 unspecified atom stereocenters. The minimum atomic E-state index is -0.0334. The van der Waals surface area contributed by atoms with Gasteiger partial charge in [-0.15, -0.1) is 0 Å². The lowest BCUT2D eigenvalue weighted by Crippen LogP contribution is -2.41. The van der Waals surface area contributed by atoms with Crippen molar-refractivity contribution in [3.8, 4) is 0 Å². The Morgan fingerprint density at radius 2 is 1.74 bits per heavy atom. The monoisotopic (exact) mass is 311 g/mol. The standard InChI is InChI=1S/C17H21N5O/c1-10-11-5-7-13-14(20-17(23)19-13)8-6-12(11)16(22-21-10)15-4-2-3-9-18-15/h2-4,9,11-14H,5-8H2,1H3,(H2,19,20,23). The average molecular weight is 311 g/mol. The molecule has 1 aromatic heterocycles. The zero-order valence-electron chi connectivity index (χ0n) is 13.2. The van der Waals surface area contributed by atoms with Crippen LogP contribution in [0.4, 0.5) is 4.79 Å². The van der Waals surface area contributed by atoms with Crippen molar-refractivity contribution in [1.82, 2.24) is 15.6 Å². The summed E-state index contributed by atoms with van der Waals surface area (Å²) in [6.45, 7) is 2.07. The van der Waals surface area contributed by atoms with Crippen molar-refractivity contribution in [1.29, 1.82) is 0 Å². The number of rotatable bonds is 1. The number of fused-ring (bicyclic) bond motifs is 2. The number of urea groups is 1. The van der Waals surface area contributed by atoms with Crippen LogP contribution in [0.5, 0.6) is 0 Å². The van der Waals surface area contributed by atoms with E-state index in [1.807, 2.05) is 18.2 Å². The topological polar surface area (TPSA) is 78.7 Å². The number of nitrogens with one attached hydrogen (secondary N) is 2. The maximum Gasteiger partial charge on any atom is 0.315 e. The van der Waals surface area contributed by atoms with Crippen LogP contribution in [-0.2, 0) is 0 Å². The van der Waals surface area contributed by atoms with Crippen molar-refractivity contribution in [2.45, 2.75) is 44.7 Å². The van der Waals surface area contributed by atoms with Crippen molar-refractivity contribution < 1.29 is 4.79 Å². The molecule has 2 amide bonds. The summed E-state index contributed by atoms with van der Waals surface area (Å²) in [7, 11) is 0. The van der Waals surface area contributed by atoms with Gasteiger partial charge >= 0.3 is 6.03 Å². The van der Waals surface area contributed by atoms with Crippen LogP contribution in [-0.4, -0.2) is 34.5 Å². The van der Waals surface area contributed by atoms with E-state index in [4.69, 9.17) is 0 Å². The summed E-state index contributed by atoms with van der Waals surface area (Å²) in [5, 5.41) is 15.0. The maximum absolute atomic E-state index is 11.6. The highest BCUT2D eigenvalue weighted by atomic mass is 16.2. The normalized spacial score (nSPS) is 33.2.